The third-order valence-electron chi connectivity index (χ3n) is 6.24. The lowest BCUT2D eigenvalue weighted by atomic mass is 9.81. The van der Waals surface area contributed by atoms with E-state index in [9.17, 15) is 19.5 Å². The molecule has 0 aliphatic heterocycles. The highest BCUT2D eigenvalue weighted by Crippen LogP contribution is 2.28. The zero-order valence-electron chi connectivity index (χ0n) is 19.9. The number of aliphatic imine (C=N–C) groups is 1. The molecule has 0 heterocycles. The second kappa shape index (κ2) is 13.1. The summed E-state index contributed by atoms with van der Waals surface area (Å²) in [7, 11) is 0. The summed E-state index contributed by atoms with van der Waals surface area (Å²) < 4.78 is 0. The number of guanidine groups is 1. The fourth-order valence-electron chi connectivity index (χ4n) is 4.38. The van der Waals surface area contributed by atoms with Gasteiger partial charge in [0.05, 0.1) is 21.7 Å². The fraction of sp³-hybridized carbons (Fsp3) is 0.346. The van der Waals surface area contributed by atoms with Gasteiger partial charge in [-0.15, -0.1) is 0 Å². The van der Waals surface area contributed by atoms with E-state index in [1.807, 2.05) is 0 Å². The molecule has 37 heavy (non-hydrogen) atoms. The molecule has 0 radical (unpaired) electrons. The minimum Gasteiger partial charge on any atom is -0.480 e. The van der Waals surface area contributed by atoms with Crippen LogP contribution in [-0.4, -0.2) is 40.8 Å². The Kier molecular flexibility index (Phi) is 9.89. The lowest BCUT2D eigenvalue weighted by Gasteiger charge is -2.26. The number of carbonyl (C=O) groups excluding carboxylic acids is 2. The zero-order chi connectivity index (χ0) is 26.9. The number of Topliss-reactive ketones (excluding diaryl/α,β-unsaturated/α-hetero) is 1. The number of carboxylic acids is 1. The third-order valence-corrected chi connectivity index (χ3v) is 6.87. The normalized spacial score (nSPS) is 18.4. The molecule has 1 fully saturated rings. The lowest BCUT2D eigenvalue weighted by Crippen LogP contribution is -2.42. The predicted molar refractivity (Wildman–Crippen MR) is 140 cm³/mol. The molecule has 0 bridgehead atoms. The van der Waals surface area contributed by atoms with Gasteiger partial charge in [-0.1, -0.05) is 60.0 Å². The van der Waals surface area contributed by atoms with Crippen LogP contribution in [0.1, 0.15) is 47.2 Å². The first kappa shape index (κ1) is 28.0. The molecule has 2 aromatic carbocycles. The summed E-state index contributed by atoms with van der Waals surface area (Å²) in [5.74, 6) is -1.85. The van der Waals surface area contributed by atoms with Crippen LogP contribution in [0.4, 0.5) is 0 Å². The van der Waals surface area contributed by atoms with E-state index in [0.29, 0.717) is 12.0 Å². The standard InChI is InChI=1S/C26H27Cl2N5O4/c27-19-5-2-6-20(28)23(19)24(35)33-21(25(36)37)11-15-7-9-16(10-8-15)12-22(34)17-3-1-4-18(13-17)32-26(30)31-14-29/h2,5-10,17-18,21H,1,3-4,11-13H2,(H,33,35)(H,36,37)(H3,30,31,32)/t17-,18-,21-/m0/s1. The van der Waals surface area contributed by atoms with Gasteiger partial charge in [0, 0.05) is 18.8 Å². The Bertz CT molecular complexity index is 1210. The molecule has 1 aliphatic rings. The molecule has 0 aromatic heterocycles. The lowest BCUT2D eigenvalue weighted by molar-refractivity contribution is -0.139. The molecule has 0 spiro atoms. The number of amides is 1. The van der Waals surface area contributed by atoms with Crippen molar-refractivity contribution in [2.75, 3.05) is 0 Å². The Balaban J connectivity index is 1.59. The van der Waals surface area contributed by atoms with Gasteiger partial charge in [-0.25, -0.2) is 9.79 Å². The van der Waals surface area contributed by atoms with Crippen molar-refractivity contribution < 1.29 is 19.5 Å². The second-order valence-corrected chi connectivity index (χ2v) is 9.71. The van der Waals surface area contributed by atoms with E-state index in [4.69, 9.17) is 34.2 Å². The summed E-state index contributed by atoms with van der Waals surface area (Å²) >= 11 is 12.1. The van der Waals surface area contributed by atoms with Gasteiger partial charge >= 0.3 is 5.97 Å². The molecule has 1 aliphatic carbocycles. The molecule has 2 aromatic rings. The number of carboxylic acid groups (broad SMARTS) is 1. The Morgan fingerprint density at radius 1 is 1.11 bits per heavy atom. The van der Waals surface area contributed by atoms with Crippen molar-refractivity contribution in [3.8, 4) is 6.19 Å². The van der Waals surface area contributed by atoms with E-state index in [1.54, 1.807) is 36.5 Å². The van der Waals surface area contributed by atoms with Gasteiger partial charge < -0.3 is 16.2 Å². The number of nitriles is 1. The number of hydrogen-bond donors (Lipinski definition) is 4. The van der Waals surface area contributed by atoms with Crippen molar-refractivity contribution in [3.63, 3.8) is 0 Å². The van der Waals surface area contributed by atoms with E-state index in [1.165, 1.54) is 12.1 Å². The largest absolute Gasteiger partial charge is 0.480 e. The van der Waals surface area contributed by atoms with Crippen LogP contribution in [0.3, 0.4) is 0 Å². The number of nitrogens with zero attached hydrogens (tertiary/aromatic N) is 2. The van der Waals surface area contributed by atoms with Crippen molar-refractivity contribution in [1.82, 2.24) is 10.6 Å². The molecule has 0 unspecified atom stereocenters. The summed E-state index contributed by atoms with van der Waals surface area (Å²) in [6.07, 6.45) is 5.05. The first-order chi connectivity index (χ1) is 17.7. The molecule has 1 saturated carbocycles. The minimum absolute atomic E-state index is 0.0191. The van der Waals surface area contributed by atoms with Crippen LogP contribution in [0.5, 0.6) is 0 Å². The molecule has 11 heteroatoms. The Morgan fingerprint density at radius 2 is 1.76 bits per heavy atom. The van der Waals surface area contributed by atoms with Crippen LogP contribution < -0.4 is 16.4 Å². The molecule has 0 saturated heterocycles. The van der Waals surface area contributed by atoms with Gasteiger partial charge in [0.15, 0.2) is 6.19 Å². The van der Waals surface area contributed by atoms with Crippen molar-refractivity contribution in [2.24, 2.45) is 16.6 Å². The maximum atomic E-state index is 12.9. The smallest absolute Gasteiger partial charge is 0.326 e. The van der Waals surface area contributed by atoms with E-state index in [2.05, 4.69) is 15.6 Å². The first-order valence-electron chi connectivity index (χ1n) is 11.7. The number of ketones is 1. The predicted octanol–water partition coefficient (Wildman–Crippen LogP) is 3.47. The van der Waals surface area contributed by atoms with Gasteiger partial charge in [-0.2, -0.15) is 5.26 Å². The zero-order valence-corrected chi connectivity index (χ0v) is 21.4. The summed E-state index contributed by atoms with van der Waals surface area (Å²) in [5.41, 5.74) is 7.17. The third kappa shape index (κ3) is 7.94. The number of aliphatic carboxylic acids is 1. The van der Waals surface area contributed by atoms with Gasteiger partial charge in [-0.05, 0) is 42.5 Å². The number of nitrogens with two attached hydrogens (primary N) is 1. The highest BCUT2D eigenvalue weighted by Gasteiger charge is 2.27. The van der Waals surface area contributed by atoms with Crippen LogP contribution in [-0.2, 0) is 22.4 Å². The number of rotatable bonds is 9. The van der Waals surface area contributed by atoms with Crippen molar-refractivity contribution >= 4 is 46.8 Å². The molecule has 3 rings (SSSR count). The maximum absolute atomic E-state index is 12.9. The fourth-order valence-corrected chi connectivity index (χ4v) is 4.95. The van der Waals surface area contributed by atoms with Crippen molar-refractivity contribution in [1.29, 1.82) is 5.26 Å². The van der Waals surface area contributed by atoms with Crippen LogP contribution in [0.25, 0.3) is 0 Å². The topological polar surface area (TPSA) is 158 Å². The number of carbonyl (C=O) groups is 3. The maximum Gasteiger partial charge on any atom is 0.326 e. The molecular formula is C26H27Cl2N5O4. The van der Waals surface area contributed by atoms with Gasteiger partial charge in [-0.3, -0.25) is 14.9 Å². The number of benzene rings is 2. The molecule has 1 amide bonds. The quantitative estimate of drug-likeness (QED) is 0.163. The molecule has 9 nitrogen and oxygen atoms in total. The van der Waals surface area contributed by atoms with Crippen LogP contribution in [0.15, 0.2) is 47.5 Å². The van der Waals surface area contributed by atoms with Crippen LogP contribution >= 0.6 is 23.2 Å². The van der Waals surface area contributed by atoms with Gasteiger partial charge in [0.1, 0.15) is 11.8 Å². The molecule has 194 valence electrons. The first-order valence-corrected chi connectivity index (χ1v) is 12.5. The molecule has 3 atom stereocenters. The summed E-state index contributed by atoms with van der Waals surface area (Å²) in [5, 5.41) is 23.3. The Labute approximate surface area is 224 Å². The Hall–Kier alpha value is -3.61. The summed E-state index contributed by atoms with van der Waals surface area (Å²) in [4.78, 5) is 41.6. The minimum atomic E-state index is -1.20. The highest BCUT2D eigenvalue weighted by molar-refractivity contribution is 6.39. The van der Waals surface area contributed by atoms with Gasteiger partial charge in [0.25, 0.3) is 5.91 Å². The van der Waals surface area contributed by atoms with Gasteiger partial charge in [0.2, 0.25) is 5.96 Å². The number of nitrogens with one attached hydrogen (secondary N) is 2. The van der Waals surface area contributed by atoms with E-state index >= 15 is 0 Å². The molecule has 5 N–H and O–H groups in total. The number of halogens is 2. The monoisotopic (exact) mass is 543 g/mol. The number of hydrogen-bond acceptors (Lipinski definition) is 5. The van der Waals surface area contributed by atoms with E-state index in [-0.39, 0.29) is 52.2 Å². The second-order valence-electron chi connectivity index (χ2n) is 8.89. The summed E-state index contributed by atoms with van der Waals surface area (Å²) in [6, 6.07) is 10.3. The average Bonchev–Trinajstić information content (AvgIpc) is 2.85. The van der Waals surface area contributed by atoms with Crippen molar-refractivity contribution in [3.05, 3.63) is 69.2 Å². The van der Waals surface area contributed by atoms with Crippen LogP contribution in [0.2, 0.25) is 10.0 Å². The molecular weight excluding hydrogens is 517 g/mol. The van der Waals surface area contributed by atoms with Crippen molar-refractivity contribution in [2.45, 2.75) is 50.6 Å². The summed E-state index contributed by atoms with van der Waals surface area (Å²) in [6.45, 7) is 0. The van der Waals surface area contributed by atoms with Crippen LogP contribution in [0, 0.1) is 17.4 Å². The average molecular weight is 544 g/mol. The SMILES string of the molecule is N#CNC(N)=N[C@H]1CCC[C@H](C(=O)Cc2ccc(C[C@H](NC(=O)c3c(Cl)cccc3Cl)C(=O)O)cc2)C1. The highest BCUT2D eigenvalue weighted by atomic mass is 35.5. The Morgan fingerprint density at radius 3 is 2.38 bits per heavy atom. The van der Waals surface area contributed by atoms with E-state index < -0.39 is 17.9 Å². The van der Waals surface area contributed by atoms with E-state index in [0.717, 1.165) is 24.8 Å².